The van der Waals surface area contributed by atoms with E-state index in [-0.39, 0.29) is 18.3 Å². The number of likely N-dealkylation sites (tertiary alicyclic amines) is 1. The van der Waals surface area contributed by atoms with Crippen molar-refractivity contribution in [2.45, 2.75) is 38.1 Å². The molecule has 1 aromatic carbocycles. The molecule has 1 aliphatic carbocycles. The van der Waals surface area contributed by atoms with Crippen molar-refractivity contribution < 1.29 is 4.79 Å². The van der Waals surface area contributed by atoms with E-state index in [4.69, 9.17) is 11.6 Å². The number of benzene rings is 1. The quantitative estimate of drug-likeness (QED) is 0.860. The van der Waals surface area contributed by atoms with Crippen LogP contribution in [0.3, 0.4) is 0 Å². The van der Waals surface area contributed by atoms with E-state index in [0.29, 0.717) is 12.6 Å². The van der Waals surface area contributed by atoms with Gasteiger partial charge in [0, 0.05) is 17.6 Å². The maximum Gasteiger partial charge on any atom is 0.236 e. The summed E-state index contributed by atoms with van der Waals surface area (Å²) >= 11 is 6.24. The fraction of sp³-hybridized carbons (Fsp3) is 0.588. The summed E-state index contributed by atoms with van der Waals surface area (Å²) in [4.78, 5) is 14.4. The summed E-state index contributed by atoms with van der Waals surface area (Å²) in [5.41, 5.74) is 1.15. The topological polar surface area (TPSA) is 32.3 Å². The molecule has 0 aromatic heterocycles. The van der Waals surface area contributed by atoms with Crippen molar-refractivity contribution in [3.05, 3.63) is 34.9 Å². The predicted octanol–water partition coefficient (Wildman–Crippen LogP) is 3.29. The van der Waals surface area contributed by atoms with E-state index in [0.717, 1.165) is 48.9 Å². The van der Waals surface area contributed by atoms with Gasteiger partial charge in [-0.2, -0.15) is 0 Å². The zero-order valence-electron chi connectivity index (χ0n) is 12.8. The molecule has 1 unspecified atom stereocenters. The molecule has 2 aliphatic rings. The van der Waals surface area contributed by atoms with Crippen molar-refractivity contribution in [2.75, 3.05) is 19.6 Å². The Hall–Kier alpha value is -0.770. The highest BCUT2D eigenvalue weighted by Crippen LogP contribution is 2.28. The van der Waals surface area contributed by atoms with E-state index >= 15 is 0 Å². The maximum atomic E-state index is 12.4. The molecule has 1 atom stereocenters. The maximum absolute atomic E-state index is 12.4. The number of carbonyl (C=O) groups is 1. The largest absolute Gasteiger partial charge is 0.338 e. The van der Waals surface area contributed by atoms with Gasteiger partial charge in [-0.3, -0.25) is 4.79 Å². The van der Waals surface area contributed by atoms with Gasteiger partial charge < -0.3 is 10.2 Å². The molecule has 1 N–H and O–H groups in total. The normalized spacial score (nSPS) is 20.8. The minimum absolute atomic E-state index is 0. The first-order valence-corrected chi connectivity index (χ1v) is 8.35. The van der Waals surface area contributed by atoms with Crippen LogP contribution in [0.5, 0.6) is 0 Å². The minimum Gasteiger partial charge on any atom is -0.338 e. The van der Waals surface area contributed by atoms with Gasteiger partial charge in [-0.25, -0.2) is 0 Å². The first-order chi connectivity index (χ1) is 10.2. The van der Waals surface area contributed by atoms with Crippen LogP contribution in [0.15, 0.2) is 24.3 Å². The third kappa shape index (κ3) is 4.61. The highest BCUT2D eigenvalue weighted by atomic mass is 35.5. The number of rotatable bonds is 6. The summed E-state index contributed by atoms with van der Waals surface area (Å²) in [7, 11) is 0. The molecule has 3 nitrogen and oxygen atoms in total. The summed E-state index contributed by atoms with van der Waals surface area (Å²) in [6, 6.07) is 8.26. The van der Waals surface area contributed by atoms with Crippen molar-refractivity contribution in [3.63, 3.8) is 0 Å². The second-order valence-corrected chi connectivity index (χ2v) is 6.66. The van der Waals surface area contributed by atoms with E-state index in [1.54, 1.807) is 0 Å². The monoisotopic (exact) mass is 342 g/mol. The van der Waals surface area contributed by atoms with Gasteiger partial charge in [0.15, 0.2) is 0 Å². The SMILES string of the molecule is Cl.O=C(CNCC1CC1)N1CCCC1Cc1ccccc1Cl. The number of amides is 1. The zero-order valence-corrected chi connectivity index (χ0v) is 14.3. The van der Waals surface area contributed by atoms with Crippen LogP contribution in [0, 0.1) is 5.92 Å². The van der Waals surface area contributed by atoms with Gasteiger partial charge in [0.1, 0.15) is 0 Å². The Morgan fingerprint density at radius 1 is 1.27 bits per heavy atom. The summed E-state index contributed by atoms with van der Waals surface area (Å²) < 4.78 is 0. The number of carbonyl (C=O) groups excluding carboxylic acids is 1. The van der Waals surface area contributed by atoms with Crippen LogP contribution in [0.25, 0.3) is 0 Å². The standard InChI is InChI=1S/C17H23ClN2O.ClH/c18-16-6-2-1-4-14(16)10-15-5-3-9-20(15)17(21)12-19-11-13-7-8-13;/h1-2,4,6,13,15,19H,3,5,7-12H2;1H. The molecule has 3 rings (SSSR count). The average Bonchev–Trinajstić information content (AvgIpc) is 3.18. The van der Waals surface area contributed by atoms with E-state index in [2.05, 4.69) is 11.4 Å². The number of hydrogen-bond acceptors (Lipinski definition) is 2. The average molecular weight is 343 g/mol. The lowest BCUT2D eigenvalue weighted by Crippen LogP contribution is -2.42. The van der Waals surface area contributed by atoms with Gasteiger partial charge >= 0.3 is 0 Å². The Kier molecular flexibility index (Phi) is 6.54. The second-order valence-electron chi connectivity index (χ2n) is 6.25. The fourth-order valence-electron chi connectivity index (χ4n) is 3.10. The molecule has 1 heterocycles. The van der Waals surface area contributed by atoms with Crippen LogP contribution in [0.1, 0.15) is 31.2 Å². The molecule has 1 saturated carbocycles. The third-order valence-corrected chi connectivity index (χ3v) is 4.89. The summed E-state index contributed by atoms with van der Waals surface area (Å²) in [6.07, 6.45) is 5.69. The van der Waals surface area contributed by atoms with Crippen molar-refractivity contribution in [1.29, 1.82) is 0 Å². The highest BCUT2D eigenvalue weighted by Gasteiger charge is 2.29. The Bertz CT molecular complexity index is 505. The Balaban J connectivity index is 0.00000176. The van der Waals surface area contributed by atoms with E-state index < -0.39 is 0 Å². The van der Waals surface area contributed by atoms with Gasteiger partial charge in [-0.1, -0.05) is 29.8 Å². The number of nitrogens with one attached hydrogen (secondary N) is 1. The number of hydrogen-bond donors (Lipinski definition) is 1. The molecule has 2 fully saturated rings. The Morgan fingerprint density at radius 3 is 2.77 bits per heavy atom. The van der Waals surface area contributed by atoms with Crippen LogP contribution >= 0.6 is 24.0 Å². The zero-order chi connectivity index (χ0) is 14.7. The summed E-state index contributed by atoms with van der Waals surface area (Å²) in [5, 5.41) is 4.11. The molecule has 1 aliphatic heterocycles. The van der Waals surface area contributed by atoms with Crippen molar-refractivity contribution in [2.24, 2.45) is 5.92 Å². The van der Waals surface area contributed by atoms with Gasteiger partial charge in [-0.05, 0) is 56.2 Å². The molecule has 122 valence electrons. The second kappa shape index (κ2) is 8.19. The molecular weight excluding hydrogens is 319 g/mol. The Labute approximate surface area is 143 Å². The lowest BCUT2D eigenvalue weighted by atomic mass is 10.0. The van der Waals surface area contributed by atoms with Crippen LogP contribution < -0.4 is 5.32 Å². The van der Waals surface area contributed by atoms with Gasteiger partial charge in [0.05, 0.1) is 6.54 Å². The van der Waals surface area contributed by atoms with Crippen LogP contribution in [0.4, 0.5) is 0 Å². The highest BCUT2D eigenvalue weighted by molar-refractivity contribution is 6.31. The smallest absolute Gasteiger partial charge is 0.236 e. The van der Waals surface area contributed by atoms with E-state index in [9.17, 15) is 4.79 Å². The van der Waals surface area contributed by atoms with Crippen LogP contribution in [0.2, 0.25) is 5.02 Å². The first kappa shape index (κ1) is 17.6. The van der Waals surface area contributed by atoms with Crippen LogP contribution in [-0.2, 0) is 11.2 Å². The molecule has 1 amide bonds. The molecule has 5 heteroatoms. The molecule has 0 radical (unpaired) electrons. The lowest BCUT2D eigenvalue weighted by Gasteiger charge is -2.25. The predicted molar refractivity (Wildman–Crippen MR) is 92.7 cm³/mol. The summed E-state index contributed by atoms with van der Waals surface area (Å²) in [6.45, 7) is 2.36. The van der Waals surface area contributed by atoms with Gasteiger partial charge in [-0.15, -0.1) is 12.4 Å². The van der Waals surface area contributed by atoms with E-state index in [1.807, 2.05) is 23.1 Å². The molecular formula is C17H24Cl2N2O. The van der Waals surface area contributed by atoms with Crippen molar-refractivity contribution in [3.8, 4) is 0 Å². The lowest BCUT2D eigenvalue weighted by molar-refractivity contribution is -0.131. The third-order valence-electron chi connectivity index (χ3n) is 4.52. The fourth-order valence-corrected chi connectivity index (χ4v) is 3.31. The number of nitrogens with zero attached hydrogens (tertiary/aromatic N) is 1. The van der Waals surface area contributed by atoms with Crippen molar-refractivity contribution >= 4 is 29.9 Å². The molecule has 22 heavy (non-hydrogen) atoms. The van der Waals surface area contributed by atoms with E-state index in [1.165, 1.54) is 12.8 Å². The van der Waals surface area contributed by atoms with Crippen molar-refractivity contribution in [1.82, 2.24) is 10.2 Å². The van der Waals surface area contributed by atoms with Gasteiger partial charge in [0.25, 0.3) is 0 Å². The van der Waals surface area contributed by atoms with Gasteiger partial charge in [0.2, 0.25) is 5.91 Å². The Morgan fingerprint density at radius 2 is 2.05 bits per heavy atom. The van der Waals surface area contributed by atoms with Crippen LogP contribution in [-0.4, -0.2) is 36.5 Å². The first-order valence-electron chi connectivity index (χ1n) is 7.97. The molecule has 1 saturated heterocycles. The molecule has 0 bridgehead atoms. The number of halogens is 2. The molecule has 1 aromatic rings. The minimum atomic E-state index is 0. The molecule has 0 spiro atoms. The summed E-state index contributed by atoms with van der Waals surface area (Å²) in [5.74, 6) is 1.06.